The second kappa shape index (κ2) is 14.4. The zero-order chi connectivity index (χ0) is 32.8. The van der Waals surface area contributed by atoms with Crippen LogP contribution in [0.25, 0.3) is 0 Å². The number of alkyl halides is 6. The van der Waals surface area contributed by atoms with Crippen molar-refractivity contribution < 1.29 is 45.1 Å². The van der Waals surface area contributed by atoms with Gasteiger partial charge in [-0.25, -0.2) is 4.39 Å². The van der Waals surface area contributed by atoms with Crippen LogP contribution in [0.3, 0.4) is 0 Å². The number of amides is 1. The SMILES string of the molecule is C/C(NCc1c(F)cccc1C(F)(F)F)=C(/C(=O)NCCc1ccccc1)N1CCN(Cc2ccc(C(F)(F)F)o2)C(CO)C1. The molecule has 3 N–H and O–H groups in total. The highest BCUT2D eigenvalue weighted by molar-refractivity contribution is 5.93. The van der Waals surface area contributed by atoms with Crippen LogP contribution < -0.4 is 10.6 Å². The second-order valence-corrected chi connectivity index (χ2v) is 10.6. The largest absolute Gasteiger partial charge is 0.455 e. The maximum Gasteiger partial charge on any atom is 0.449 e. The van der Waals surface area contributed by atoms with Gasteiger partial charge in [0.25, 0.3) is 5.91 Å². The molecule has 0 bridgehead atoms. The Bertz CT molecular complexity index is 1470. The fourth-order valence-corrected chi connectivity index (χ4v) is 5.20. The van der Waals surface area contributed by atoms with E-state index in [1.165, 1.54) is 13.0 Å². The molecule has 45 heavy (non-hydrogen) atoms. The van der Waals surface area contributed by atoms with E-state index in [1.54, 1.807) is 9.80 Å². The molecule has 0 aliphatic carbocycles. The number of hydrogen-bond donors (Lipinski definition) is 3. The molecule has 0 saturated carbocycles. The number of piperazine rings is 1. The number of aliphatic hydroxyl groups is 1. The van der Waals surface area contributed by atoms with E-state index in [9.17, 15) is 40.6 Å². The third kappa shape index (κ3) is 8.78. The van der Waals surface area contributed by atoms with Crippen molar-refractivity contribution >= 4 is 5.91 Å². The molecule has 0 spiro atoms. The predicted octanol–water partition coefficient (Wildman–Crippen LogP) is 5.32. The summed E-state index contributed by atoms with van der Waals surface area (Å²) in [6.45, 7) is 1.22. The van der Waals surface area contributed by atoms with Gasteiger partial charge in [0.05, 0.1) is 24.8 Å². The highest BCUT2D eigenvalue weighted by Crippen LogP contribution is 2.34. The fraction of sp³-hybridized carbons (Fsp3) is 0.387. The van der Waals surface area contributed by atoms with Crippen molar-refractivity contribution in [2.24, 2.45) is 0 Å². The van der Waals surface area contributed by atoms with Crippen molar-refractivity contribution in [2.45, 2.75) is 44.8 Å². The standard InChI is InChI=1S/C31H33F7N4O3/c1-20(40-16-24-25(30(33,34)35)8-5-9-26(24)32)28(29(44)39-13-12-21-6-3-2-4-7-21)42-15-14-41(22(17-42)19-43)18-23-10-11-27(45-23)31(36,37)38/h2-11,22,40,43H,12-19H2,1H3,(H,39,44)/b28-20+. The average molecular weight is 643 g/mol. The summed E-state index contributed by atoms with van der Waals surface area (Å²) in [7, 11) is 0. The van der Waals surface area contributed by atoms with Gasteiger partial charge in [0.2, 0.25) is 5.76 Å². The Labute approximate surface area is 255 Å². The molecule has 1 aliphatic rings. The van der Waals surface area contributed by atoms with Gasteiger partial charge in [-0.1, -0.05) is 36.4 Å². The third-order valence-corrected chi connectivity index (χ3v) is 7.50. The Morgan fingerprint density at radius 1 is 0.956 bits per heavy atom. The third-order valence-electron chi connectivity index (χ3n) is 7.50. The van der Waals surface area contributed by atoms with Crippen molar-refractivity contribution in [1.82, 2.24) is 20.4 Å². The van der Waals surface area contributed by atoms with E-state index < -0.39 is 60.2 Å². The maximum absolute atomic E-state index is 14.5. The summed E-state index contributed by atoms with van der Waals surface area (Å²) in [5, 5.41) is 15.8. The Kier molecular flexibility index (Phi) is 10.8. The first kappa shape index (κ1) is 33.8. The van der Waals surface area contributed by atoms with Crippen molar-refractivity contribution in [3.63, 3.8) is 0 Å². The molecule has 1 amide bonds. The quantitative estimate of drug-likeness (QED) is 0.194. The number of nitrogens with zero attached hydrogens (tertiary/aromatic N) is 2. The minimum absolute atomic E-state index is 0.0256. The Morgan fingerprint density at radius 3 is 2.33 bits per heavy atom. The van der Waals surface area contributed by atoms with E-state index in [0.717, 1.165) is 29.8 Å². The van der Waals surface area contributed by atoms with Crippen molar-refractivity contribution in [2.75, 3.05) is 32.8 Å². The van der Waals surface area contributed by atoms with Crippen LogP contribution >= 0.6 is 0 Å². The zero-order valence-electron chi connectivity index (χ0n) is 24.3. The van der Waals surface area contributed by atoms with Gasteiger partial charge in [0, 0.05) is 44.0 Å². The van der Waals surface area contributed by atoms with Crippen molar-refractivity contribution in [3.8, 4) is 0 Å². The van der Waals surface area contributed by atoms with Crippen LogP contribution in [0.2, 0.25) is 0 Å². The van der Waals surface area contributed by atoms with E-state index >= 15 is 0 Å². The van der Waals surface area contributed by atoms with Crippen molar-refractivity contribution in [1.29, 1.82) is 0 Å². The summed E-state index contributed by atoms with van der Waals surface area (Å²) in [4.78, 5) is 16.9. The highest BCUT2D eigenvalue weighted by atomic mass is 19.4. The normalized spacial score (nSPS) is 16.8. The molecule has 1 atom stereocenters. The van der Waals surface area contributed by atoms with Crippen LogP contribution in [-0.2, 0) is 36.7 Å². The van der Waals surface area contributed by atoms with E-state index in [1.807, 2.05) is 30.3 Å². The topological polar surface area (TPSA) is 81.0 Å². The molecule has 1 unspecified atom stereocenters. The van der Waals surface area contributed by atoms with Gasteiger partial charge in [-0.05, 0) is 43.2 Å². The van der Waals surface area contributed by atoms with Crippen LogP contribution in [0.4, 0.5) is 30.7 Å². The molecule has 7 nitrogen and oxygen atoms in total. The van der Waals surface area contributed by atoms with E-state index in [-0.39, 0.29) is 49.9 Å². The van der Waals surface area contributed by atoms with Crippen LogP contribution in [0.15, 0.2) is 76.5 Å². The van der Waals surface area contributed by atoms with Gasteiger partial charge >= 0.3 is 12.4 Å². The smallest absolute Gasteiger partial charge is 0.449 e. The molecule has 244 valence electrons. The summed E-state index contributed by atoms with van der Waals surface area (Å²) in [5.41, 5.74) is -0.517. The number of carbonyl (C=O) groups excluding carboxylic acids is 1. The minimum Gasteiger partial charge on any atom is -0.455 e. The summed E-state index contributed by atoms with van der Waals surface area (Å²) >= 11 is 0. The molecule has 4 rings (SSSR count). The summed E-state index contributed by atoms with van der Waals surface area (Å²) in [6.07, 6.45) is -8.94. The first-order chi connectivity index (χ1) is 21.3. The Hall–Kier alpha value is -4.04. The number of furan rings is 1. The lowest BCUT2D eigenvalue weighted by Crippen LogP contribution is -2.55. The monoisotopic (exact) mass is 642 g/mol. The van der Waals surface area contributed by atoms with Gasteiger partial charge in [0.1, 0.15) is 17.3 Å². The summed E-state index contributed by atoms with van der Waals surface area (Å²) < 4.78 is 99.2. The molecule has 1 aliphatic heterocycles. The molecule has 0 radical (unpaired) electrons. The van der Waals surface area contributed by atoms with Crippen molar-refractivity contribution in [3.05, 3.63) is 106 Å². The number of carbonyl (C=O) groups is 1. The molecule has 2 aromatic carbocycles. The van der Waals surface area contributed by atoms with Crippen LogP contribution in [0, 0.1) is 5.82 Å². The Balaban J connectivity index is 1.54. The molecule has 1 aromatic heterocycles. The van der Waals surface area contributed by atoms with Gasteiger partial charge in [-0.15, -0.1) is 0 Å². The lowest BCUT2D eigenvalue weighted by molar-refractivity contribution is -0.153. The van der Waals surface area contributed by atoms with Gasteiger partial charge in [-0.2, -0.15) is 26.3 Å². The number of halogens is 7. The van der Waals surface area contributed by atoms with Gasteiger partial charge < -0.3 is 25.1 Å². The van der Waals surface area contributed by atoms with E-state index in [0.29, 0.717) is 6.42 Å². The Morgan fingerprint density at radius 2 is 1.69 bits per heavy atom. The van der Waals surface area contributed by atoms with Crippen LogP contribution in [0.1, 0.15) is 35.1 Å². The number of benzene rings is 2. The van der Waals surface area contributed by atoms with E-state index in [2.05, 4.69) is 10.6 Å². The molecule has 3 aromatic rings. The molecule has 2 heterocycles. The van der Waals surface area contributed by atoms with Crippen LogP contribution in [-0.4, -0.2) is 59.6 Å². The number of nitrogens with one attached hydrogen (secondary N) is 2. The molecular weight excluding hydrogens is 609 g/mol. The molecule has 14 heteroatoms. The van der Waals surface area contributed by atoms with Gasteiger partial charge in [0.15, 0.2) is 0 Å². The first-order valence-electron chi connectivity index (χ1n) is 14.1. The molecule has 1 fully saturated rings. The highest BCUT2D eigenvalue weighted by Gasteiger charge is 2.37. The second-order valence-electron chi connectivity index (χ2n) is 10.6. The summed E-state index contributed by atoms with van der Waals surface area (Å²) in [5.74, 6) is -2.68. The van der Waals surface area contributed by atoms with E-state index in [4.69, 9.17) is 4.42 Å². The number of rotatable bonds is 11. The number of allylic oxidation sites excluding steroid dienone is 1. The predicted molar refractivity (Wildman–Crippen MR) is 151 cm³/mol. The zero-order valence-corrected chi connectivity index (χ0v) is 24.3. The molecule has 1 saturated heterocycles. The summed E-state index contributed by atoms with van der Waals surface area (Å²) in [6, 6.07) is 13.4. The minimum atomic E-state index is -4.80. The average Bonchev–Trinajstić information content (AvgIpc) is 3.47. The molecular formula is C31H33F7N4O3. The number of aliphatic hydroxyl groups excluding tert-OH is 1. The lowest BCUT2D eigenvalue weighted by Gasteiger charge is -2.42. The maximum atomic E-state index is 14.5. The lowest BCUT2D eigenvalue weighted by atomic mass is 10.1. The number of hydrogen-bond acceptors (Lipinski definition) is 6. The van der Waals surface area contributed by atoms with Gasteiger partial charge in [-0.3, -0.25) is 9.69 Å². The fourth-order valence-electron chi connectivity index (χ4n) is 5.20. The first-order valence-corrected chi connectivity index (χ1v) is 14.1. The van der Waals surface area contributed by atoms with Crippen LogP contribution in [0.5, 0.6) is 0 Å².